The molecule has 16 heavy (non-hydrogen) atoms. The second-order valence-corrected chi connectivity index (χ2v) is 5.05. The molecule has 1 aromatic rings. The lowest BCUT2D eigenvalue weighted by Gasteiger charge is -2.17. The van der Waals surface area contributed by atoms with Crippen molar-refractivity contribution in [2.24, 2.45) is 5.73 Å². The van der Waals surface area contributed by atoms with Crippen LogP contribution >= 0.6 is 11.8 Å². The van der Waals surface area contributed by atoms with E-state index >= 15 is 0 Å². The predicted molar refractivity (Wildman–Crippen MR) is 68.5 cm³/mol. The van der Waals surface area contributed by atoms with Crippen LogP contribution in [0, 0.1) is 0 Å². The van der Waals surface area contributed by atoms with Crippen LogP contribution in [-0.4, -0.2) is 30.7 Å². The van der Waals surface area contributed by atoms with Crippen molar-refractivity contribution in [3.05, 3.63) is 29.8 Å². The molecule has 0 bridgehead atoms. The lowest BCUT2D eigenvalue weighted by Crippen LogP contribution is -2.33. The van der Waals surface area contributed by atoms with Crippen LogP contribution in [-0.2, 0) is 4.79 Å². The number of amides is 1. The summed E-state index contributed by atoms with van der Waals surface area (Å²) < 4.78 is 0. The first-order chi connectivity index (χ1) is 7.56. The van der Waals surface area contributed by atoms with Crippen LogP contribution in [0.1, 0.15) is 18.5 Å². The SMILES string of the molecule is CCSc1ccc(C(N)C(=O)N(C)C)cc1. The number of benzene rings is 1. The number of nitrogens with two attached hydrogens (primary N) is 1. The summed E-state index contributed by atoms with van der Waals surface area (Å²) in [7, 11) is 3.42. The van der Waals surface area contributed by atoms with Gasteiger partial charge in [-0.15, -0.1) is 11.8 Å². The summed E-state index contributed by atoms with van der Waals surface area (Å²) in [5.41, 5.74) is 6.73. The van der Waals surface area contributed by atoms with Crippen LogP contribution in [0.3, 0.4) is 0 Å². The second-order valence-electron chi connectivity index (χ2n) is 3.71. The van der Waals surface area contributed by atoms with Crippen molar-refractivity contribution >= 4 is 17.7 Å². The number of carbonyl (C=O) groups is 1. The average Bonchev–Trinajstić information content (AvgIpc) is 2.28. The lowest BCUT2D eigenvalue weighted by atomic mass is 10.1. The van der Waals surface area contributed by atoms with Crippen molar-refractivity contribution in [3.63, 3.8) is 0 Å². The summed E-state index contributed by atoms with van der Waals surface area (Å²) in [4.78, 5) is 14.4. The van der Waals surface area contributed by atoms with Gasteiger partial charge in [0.25, 0.3) is 0 Å². The molecule has 3 nitrogen and oxygen atoms in total. The molecular weight excluding hydrogens is 220 g/mol. The maximum absolute atomic E-state index is 11.6. The fourth-order valence-electron chi connectivity index (χ4n) is 1.36. The highest BCUT2D eigenvalue weighted by molar-refractivity contribution is 7.99. The van der Waals surface area contributed by atoms with E-state index in [2.05, 4.69) is 6.92 Å². The van der Waals surface area contributed by atoms with Crippen molar-refractivity contribution in [3.8, 4) is 0 Å². The van der Waals surface area contributed by atoms with E-state index in [9.17, 15) is 4.79 Å². The highest BCUT2D eigenvalue weighted by atomic mass is 32.2. The first-order valence-corrected chi connectivity index (χ1v) is 6.24. The molecule has 0 aliphatic carbocycles. The molecule has 0 saturated carbocycles. The zero-order chi connectivity index (χ0) is 12.1. The van der Waals surface area contributed by atoms with Gasteiger partial charge in [-0.25, -0.2) is 0 Å². The van der Waals surface area contributed by atoms with Crippen LogP contribution in [0.15, 0.2) is 29.2 Å². The molecule has 0 heterocycles. The molecule has 0 fully saturated rings. The first kappa shape index (κ1) is 13.1. The van der Waals surface area contributed by atoms with Crippen molar-refractivity contribution < 1.29 is 4.79 Å². The van der Waals surface area contributed by atoms with Gasteiger partial charge in [0.1, 0.15) is 6.04 Å². The van der Waals surface area contributed by atoms with E-state index < -0.39 is 6.04 Å². The zero-order valence-corrected chi connectivity index (χ0v) is 10.8. The fraction of sp³-hybridized carbons (Fsp3) is 0.417. The Kier molecular flexibility index (Phi) is 4.83. The minimum Gasteiger partial charge on any atom is -0.347 e. The van der Waals surface area contributed by atoms with Crippen molar-refractivity contribution in [1.29, 1.82) is 0 Å². The summed E-state index contributed by atoms with van der Waals surface area (Å²) in [6.07, 6.45) is 0. The third-order valence-electron chi connectivity index (χ3n) is 2.26. The number of thioether (sulfide) groups is 1. The number of hydrogen-bond donors (Lipinski definition) is 1. The molecule has 1 unspecified atom stereocenters. The molecular formula is C12H18N2OS. The minimum atomic E-state index is -0.560. The second kappa shape index (κ2) is 5.92. The highest BCUT2D eigenvalue weighted by Crippen LogP contribution is 2.20. The van der Waals surface area contributed by atoms with Gasteiger partial charge in [0, 0.05) is 19.0 Å². The van der Waals surface area contributed by atoms with Crippen molar-refractivity contribution in [1.82, 2.24) is 4.90 Å². The molecule has 1 atom stereocenters. The molecule has 0 radical (unpaired) electrons. The summed E-state index contributed by atoms with van der Waals surface area (Å²) in [5.74, 6) is 0.970. The van der Waals surface area contributed by atoms with E-state index in [-0.39, 0.29) is 5.91 Å². The third kappa shape index (κ3) is 3.25. The third-order valence-corrected chi connectivity index (χ3v) is 3.15. The van der Waals surface area contributed by atoms with Crippen LogP contribution < -0.4 is 5.73 Å². The van der Waals surface area contributed by atoms with Gasteiger partial charge < -0.3 is 10.6 Å². The molecule has 1 rings (SSSR count). The van der Waals surface area contributed by atoms with E-state index in [0.29, 0.717) is 0 Å². The number of rotatable bonds is 4. The van der Waals surface area contributed by atoms with Gasteiger partial charge in [0.05, 0.1) is 0 Å². The minimum absolute atomic E-state index is 0.0732. The predicted octanol–water partition coefficient (Wildman–Crippen LogP) is 1.89. The standard InChI is InChI=1S/C12H18N2OS/c1-4-16-10-7-5-9(6-8-10)11(13)12(15)14(2)3/h5-8,11H,4,13H2,1-3H3. The quantitative estimate of drug-likeness (QED) is 0.815. The average molecular weight is 238 g/mol. The van der Waals surface area contributed by atoms with Gasteiger partial charge in [0.2, 0.25) is 5.91 Å². The number of hydrogen-bond acceptors (Lipinski definition) is 3. The maximum Gasteiger partial charge on any atom is 0.243 e. The van der Waals surface area contributed by atoms with Gasteiger partial charge in [-0.1, -0.05) is 19.1 Å². The zero-order valence-electron chi connectivity index (χ0n) is 9.93. The first-order valence-electron chi connectivity index (χ1n) is 5.25. The highest BCUT2D eigenvalue weighted by Gasteiger charge is 2.16. The molecule has 2 N–H and O–H groups in total. The van der Waals surface area contributed by atoms with E-state index in [0.717, 1.165) is 11.3 Å². The van der Waals surface area contributed by atoms with E-state index in [4.69, 9.17) is 5.73 Å². The normalized spacial score (nSPS) is 12.2. The van der Waals surface area contributed by atoms with Gasteiger partial charge in [0.15, 0.2) is 0 Å². The van der Waals surface area contributed by atoms with Crippen LogP contribution in [0.25, 0.3) is 0 Å². The van der Waals surface area contributed by atoms with Gasteiger partial charge in [-0.2, -0.15) is 0 Å². The van der Waals surface area contributed by atoms with Crippen LogP contribution in [0.2, 0.25) is 0 Å². The van der Waals surface area contributed by atoms with Gasteiger partial charge in [-0.3, -0.25) is 4.79 Å². The largest absolute Gasteiger partial charge is 0.347 e. The molecule has 4 heteroatoms. The van der Waals surface area contributed by atoms with E-state index in [1.807, 2.05) is 24.3 Å². The Bertz CT molecular complexity index is 349. The van der Waals surface area contributed by atoms with Crippen molar-refractivity contribution in [2.75, 3.05) is 19.8 Å². The maximum atomic E-state index is 11.6. The Labute approximate surface area is 101 Å². The van der Waals surface area contributed by atoms with Gasteiger partial charge >= 0.3 is 0 Å². The summed E-state index contributed by atoms with van der Waals surface area (Å²) in [6.45, 7) is 2.11. The molecule has 0 aliphatic heterocycles. The Morgan fingerprint density at radius 2 is 1.94 bits per heavy atom. The molecule has 1 amide bonds. The fourth-order valence-corrected chi connectivity index (χ4v) is 2.02. The number of likely N-dealkylation sites (N-methyl/N-ethyl adjacent to an activating group) is 1. The number of carbonyl (C=O) groups excluding carboxylic acids is 1. The van der Waals surface area contributed by atoms with Crippen LogP contribution in [0.4, 0.5) is 0 Å². The summed E-state index contributed by atoms with van der Waals surface area (Å²) in [6, 6.07) is 7.29. The molecule has 88 valence electrons. The van der Waals surface area contributed by atoms with Crippen LogP contribution in [0.5, 0.6) is 0 Å². The monoisotopic (exact) mass is 238 g/mol. The Morgan fingerprint density at radius 3 is 2.38 bits per heavy atom. The summed E-state index contributed by atoms with van der Waals surface area (Å²) in [5, 5.41) is 0. The van der Waals surface area contributed by atoms with Crippen molar-refractivity contribution in [2.45, 2.75) is 17.9 Å². The molecule has 0 aliphatic rings. The smallest absolute Gasteiger partial charge is 0.243 e. The van der Waals surface area contributed by atoms with E-state index in [1.165, 1.54) is 9.80 Å². The Morgan fingerprint density at radius 1 is 1.38 bits per heavy atom. The molecule has 1 aromatic carbocycles. The molecule has 0 spiro atoms. The molecule has 0 saturated heterocycles. The lowest BCUT2D eigenvalue weighted by molar-refractivity contribution is -0.130. The van der Waals surface area contributed by atoms with Gasteiger partial charge in [-0.05, 0) is 23.4 Å². The Hall–Kier alpha value is -1.00. The Balaban J connectivity index is 2.77. The molecule has 0 aromatic heterocycles. The topological polar surface area (TPSA) is 46.3 Å². The summed E-state index contributed by atoms with van der Waals surface area (Å²) >= 11 is 1.77. The van der Waals surface area contributed by atoms with E-state index in [1.54, 1.807) is 25.9 Å². The number of nitrogens with zero attached hydrogens (tertiary/aromatic N) is 1.